The molecular formula is C16H21F3N4O. The summed E-state index contributed by atoms with van der Waals surface area (Å²) in [7, 11) is 1.82. The van der Waals surface area contributed by atoms with E-state index in [-0.39, 0.29) is 12.3 Å². The van der Waals surface area contributed by atoms with E-state index in [2.05, 4.69) is 9.97 Å². The Hall–Kier alpha value is -1.86. The highest BCUT2D eigenvalue weighted by atomic mass is 19.4. The number of amides is 1. The molecule has 0 bridgehead atoms. The third kappa shape index (κ3) is 3.47. The van der Waals surface area contributed by atoms with Gasteiger partial charge in [0.15, 0.2) is 0 Å². The molecular weight excluding hydrogens is 321 g/mol. The molecule has 2 aliphatic rings. The van der Waals surface area contributed by atoms with Crippen LogP contribution in [0.3, 0.4) is 0 Å². The van der Waals surface area contributed by atoms with Gasteiger partial charge in [-0.25, -0.2) is 9.97 Å². The zero-order valence-corrected chi connectivity index (χ0v) is 13.6. The number of carbonyl (C=O) groups excluding carboxylic acids is 1. The zero-order valence-electron chi connectivity index (χ0n) is 13.6. The van der Waals surface area contributed by atoms with Crippen LogP contribution in [0.5, 0.6) is 0 Å². The van der Waals surface area contributed by atoms with Crippen LogP contribution in [0.15, 0.2) is 12.3 Å². The van der Waals surface area contributed by atoms with Gasteiger partial charge in [0.25, 0.3) is 0 Å². The normalized spacial score (nSPS) is 24.9. The topological polar surface area (TPSA) is 49.3 Å². The minimum atomic E-state index is -4.19. The van der Waals surface area contributed by atoms with Crippen LogP contribution in [-0.2, 0) is 11.2 Å². The fourth-order valence-corrected chi connectivity index (χ4v) is 3.64. The molecule has 0 aliphatic carbocycles. The van der Waals surface area contributed by atoms with Crippen molar-refractivity contribution >= 4 is 11.9 Å². The molecule has 0 N–H and O–H groups in total. The van der Waals surface area contributed by atoms with Crippen molar-refractivity contribution < 1.29 is 18.0 Å². The summed E-state index contributed by atoms with van der Waals surface area (Å²) in [5, 5.41) is 0. The highest BCUT2D eigenvalue weighted by molar-refractivity contribution is 5.84. The Morgan fingerprint density at radius 2 is 2.08 bits per heavy atom. The van der Waals surface area contributed by atoms with Crippen LogP contribution in [0.25, 0.3) is 0 Å². The second-order valence-electron chi connectivity index (χ2n) is 6.75. The summed E-state index contributed by atoms with van der Waals surface area (Å²) < 4.78 is 37.1. The number of nitrogens with zero attached hydrogens (tertiary/aromatic N) is 4. The molecule has 24 heavy (non-hydrogen) atoms. The molecule has 8 heteroatoms. The second kappa shape index (κ2) is 6.22. The summed E-state index contributed by atoms with van der Waals surface area (Å²) in [6.45, 7) is 1.98. The first-order valence-corrected chi connectivity index (χ1v) is 8.18. The Kier molecular flexibility index (Phi) is 4.40. The van der Waals surface area contributed by atoms with Crippen molar-refractivity contribution in [3.63, 3.8) is 0 Å². The number of rotatable bonds is 3. The Morgan fingerprint density at radius 1 is 1.29 bits per heavy atom. The lowest BCUT2D eigenvalue weighted by Gasteiger charge is -2.37. The van der Waals surface area contributed by atoms with Gasteiger partial charge >= 0.3 is 6.18 Å². The second-order valence-corrected chi connectivity index (χ2v) is 6.75. The van der Waals surface area contributed by atoms with Crippen molar-refractivity contribution in [1.82, 2.24) is 14.9 Å². The predicted octanol–water partition coefficient (Wildman–Crippen LogP) is 2.42. The number of piperidine rings is 1. The first kappa shape index (κ1) is 17.0. The molecule has 2 saturated heterocycles. The molecule has 3 heterocycles. The molecule has 0 radical (unpaired) electrons. The zero-order chi connectivity index (χ0) is 17.4. The molecule has 1 amide bonds. The van der Waals surface area contributed by atoms with Crippen LogP contribution in [0.4, 0.5) is 19.1 Å². The number of halogens is 3. The van der Waals surface area contributed by atoms with Gasteiger partial charge in [-0.1, -0.05) is 0 Å². The van der Waals surface area contributed by atoms with Crippen molar-refractivity contribution in [2.24, 2.45) is 5.41 Å². The maximum Gasteiger partial charge on any atom is 0.389 e. The van der Waals surface area contributed by atoms with E-state index in [9.17, 15) is 18.0 Å². The summed E-state index contributed by atoms with van der Waals surface area (Å²) >= 11 is 0. The highest BCUT2D eigenvalue weighted by Gasteiger charge is 2.48. The molecule has 3 rings (SSSR count). The molecule has 2 fully saturated rings. The molecule has 0 saturated carbocycles. The number of anilines is 1. The average molecular weight is 342 g/mol. The Bertz CT molecular complexity index is 622. The van der Waals surface area contributed by atoms with Crippen molar-refractivity contribution in [1.29, 1.82) is 0 Å². The van der Waals surface area contributed by atoms with Crippen molar-refractivity contribution in [3.05, 3.63) is 18.0 Å². The molecule has 2 aliphatic heterocycles. The van der Waals surface area contributed by atoms with Crippen molar-refractivity contribution in [2.45, 2.75) is 38.3 Å². The average Bonchev–Trinajstić information content (AvgIpc) is 2.96. The minimum absolute atomic E-state index is 0.153. The van der Waals surface area contributed by atoms with Gasteiger partial charge in [-0.15, -0.1) is 0 Å². The largest absolute Gasteiger partial charge is 0.389 e. The van der Waals surface area contributed by atoms with Gasteiger partial charge in [0.2, 0.25) is 11.9 Å². The summed E-state index contributed by atoms with van der Waals surface area (Å²) in [6.07, 6.45) is -1.18. The van der Waals surface area contributed by atoms with Crippen molar-refractivity contribution in [3.8, 4) is 0 Å². The molecule has 0 aromatic carbocycles. The van der Waals surface area contributed by atoms with Gasteiger partial charge in [-0.2, -0.15) is 13.2 Å². The smallest absolute Gasteiger partial charge is 0.345 e. The van der Waals surface area contributed by atoms with Crippen molar-refractivity contribution in [2.75, 3.05) is 31.6 Å². The number of hydrogen-bond acceptors (Lipinski definition) is 4. The van der Waals surface area contributed by atoms with Gasteiger partial charge < -0.3 is 9.80 Å². The first-order chi connectivity index (χ1) is 11.3. The van der Waals surface area contributed by atoms with Gasteiger partial charge in [-0.3, -0.25) is 4.79 Å². The van der Waals surface area contributed by atoms with Crippen LogP contribution in [-0.4, -0.2) is 53.6 Å². The van der Waals surface area contributed by atoms with Gasteiger partial charge in [0.05, 0.1) is 5.41 Å². The Labute approximate surface area is 138 Å². The SMILES string of the molecule is CN1CCC[C@]2(CCN(c3nccc(CCC(F)(F)F)n3)C2)C1=O. The number of carbonyl (C=O) groups is 1. The number of likely N-dealkylation sites (tertiary alicyclic amines) is 1. The highest BCUT2D eigenvalue weighted by Crippen LogP contribution is 2.40. The van der Waals surface area contributed by atoms with E-state index in [1.54, 1.807) is 4.90 Å². The van der Waals surface area contributed by atoms with Crippen LogP contribution in [0.1, 0.15) is 31.4 Å². The van der Waals surface area contributed by atoms with E-state index in [0.717, 1.165) is 25.8 Å². The standard InChI is InChI=1S/C16H21F3N4O/c1-22-9-2-5-15(13(22)24)7-10-23(11-15)14-20-8-4-12(21-14)3-6-16(17,18)19/h4,8H,2-3,5-7,9-11H2,1H3/t15-/m1/s1. The van der Waals surface area contributed by atoms with E-state index < -0.39 is 18.0 Å². The molecule has 1 spiro atoms. The van der Waals surface area contributed by atoms with Gasteiger partial charge in [0, 0.05) is 45.0 Å². The fourth-order valence-electron chi connectivity index (χ4n) is 3.64. The number of alkyl halides is 3. The number of aryl methyl sites for hydroxylation is 1. The first-order valence-electron chi connectivity index (χ1n) is 8.18. The Morgan fingerprint density at radius 3 is 2.83 bits per heavy atom. The summed E-state index contributed by atoms with van der Waals surface area (Å²) in [6, 6.07) is 1.51. The number of aromatic nitrogens is 2. The lowest BCUT2D eigenvalue weighted by molar-refractivity contribution is -0.143. The van der Waals surface area contributed by atoms with E-state index in [1.807, 2.05) is 11.9 Å². The molecule has 5 nitrogen and oxygen atoms in total. The lowest BCUT2D eigenvalue weighted by atomic mass is 9.78. The van der Waals surface area contributed by atoms with E-state index >= 15 is 0 Å². The molecule has 1 atom stereocenters. The van der Waals surface area contributed by atoms with Gasteiger partial charge in [-0.05, 0) is 31.7 Å². The Balaban J connectivity index is 1.71. The number of hydrogen-bond donors (Lipinski definition) is 0. The van der Waals surface area contributed by atoms with E-state index in [0.29, 0.717) is 24.7 Å². The van der Waals surface area contributed by atoms with Crippen LogP contribution < -0.4 is 4.90 Å². The predicted molar refractivity (Wildman–Crippen MR) is 82.5 cm³/mol. The maximum absolute atomic E-state index is 12.5. The van der Waals surface area contributed by atoms with Crippen LogP contribution >= 0.6 is 0 Å². The van der Waals surface area contributed by atoms with Crippen LogP contribution in [0.2, 0.25) is 0 Å². The maximum atomic E-state index is 12.5. The molecule has 1 aromatic rings. The van der Waals surface area contributed by atoms with E-state index in [1.165, 1.54) is 12.3 Å². The monoisotopic (exact) mass is 342 g/mol. The summed E-state index contributed by atoms with van der Waals surface area (Å²) in [5.41, 5.74) is -0.0106. The van der Waals surface area contributed by atoms with Gasteiger partial charge in [0.1, 0.15) is 0 Å². The third-order valence-corrected chi connectivity index (χ3v) is 4.95. The summed E-state index contributed by atoms with van der Waals surface area (Å²) in [4.78, 5) is 24.7. The third-order valence-electron chi connectivity index (χ3n) is 4.95. The van der Waals surface area contributed by atoms with E-state index in [4.69, 9.17) is 0 Å². The van der Waals surface area contributed by atoms with Crippen LogP contribution in [0, 0.1) is 5.41 Å². The molecule has 132 valence electrons. The fraction of sp³-hybridized carbons (Fsp3) is 0.688. The lowest BCUT2D eigenvalue weighted by Crippen LogP contribution is -2.48. The minimum Gasteiger partial charge on any atom is -0.345 e. The molecule has 1 aromatic heterocycles. The summed E-state index contributed by atoms with van der Waals surface area (Å²) in [5.74, 6) is 0.581. The molecule has 0 unspecified atom stereocenters. The quantitative estimate of drug-likeness (QED) is 0.846.